The number of rotatable bonds is 1. The highest BCUT2D eigenvalue weighted by Crippen LogP contribution is 2.26. The molecule has 2 rings (SSSR count). The summed E-state index contributed by atoms with van der Waals surface area (Å²) < 4.78 is 9.83. The van der Waals surface area contributed by atoms with Gasteiger partial charge in [-0.1, -0.05) is 6.58 Å². The quantitative estimate of drug-likeness (QED) is 0.464. The van der Waals surface area contributed by atoms with Gasteiger partial charge >= 0.3 is 5.97 Å². The van der Waals surface area contributed by atoms with E-state index < -0.39 is 30.1 Å². The maximum absolute atomic E-state index is 11.4. The lowest BCUT2D eigenvalue weighted by atomic mass is 9.89. The molecule has 0 saturated carbocycles. The topological polar surface area (TPSA) is 84.9 Å². The first-order valence-electron chi connectivity index (χ1n) is 5.16. The minimum atomic E-state index is -0.879. The number of esters is 1. The van der Waals surface area contributed by atoms with Crippen LogP contribution < -0.4 is 5.32 Å². The van der Waals surface area contributed by atoms with E-state index in [0.717, 1.165) is 0 Å². The van der Waals surface area contributed by atoms with Crippen molar-refractivity contribution in [2.75, 3.05) is 7.11 Å². The summed E-state index contributed by atoms with van der Waals surface area (Å²) in [4.78, 5) is 22.7. The molecule has 1 heterocycles. The highest BCUT2D eigenvalue weighted by Gasteiger charge is 2.40. The van der Waals surface area contributed by atoms with Gasteiger partial charge in [0, 0.05) is 12.0 Å². The monoisotopic (exact) mass is 239 g/mol. The standard InChI is InChI=1S/C11H13NO5/c1-5-10(14)12-9-7(13)3-6(11(15)16-2)4-8(9)17-5/h4,7-9,13H,1,3H2,2H3,(H,12,14)/t7-,8-,9-/m0/s1. The number of aliphatic hydroxyl groups excluding tert-OH is 1. The van der Waals surface area contributed by atoms with Crippen LogP contribution in [0.3, 0.4) is 0 Å². The molecule has 0 aromatic rings. The van der Waals surface area contributed by atoms with Crippen molar-refractivity contribution in [1.82, 2.24) is 5.32 Å². The number of carbonyl (C=O) groups is 2. The maximum Gasteiger partial charge on any atom is 0.333 e. The number of hydrogen-bond donors (Lipinski definition) is 2. The van der Waals surface area contributed by atoms with Gasteiger partial charge in [-0.15, -0.1) is 0 Å². The normalized spacial score (nSPS) is 31.9. The van der Waals surface area contributed by atoms with Gasteiger partial charge in [-0.3, -0.25) is 4.79 Å². The molecule has 0 bridgehead atoms. The van der Waals surface area contributed by atoms with Crippen LogP contribution in [0.25, 0.3) is 0 Å². The maximum atomic E-state index is 11.4. The third-order valence-electron chi connectivity index (χ3n) is 2.84. The molecule has 0 aromatic carbocycles. The van der Waals surface area contributed by atoms with Crippen molar-refractivity contribution in [2.24, 2.45) is 0 Å². The predicted molar refractivity (Wildman–Crippen MR) is 56.7 cm³/mol. The van der Waals surface area contributed by atoms with Crippen LogP contribution >= 0.6 is 0 Å². The third-order valence-corrected chi connectivity index (χ3v) is 2.84. The number of hydrogen-bond acceptors (Lipinski definition) is 5. The summed E-state index contributed by atoms with van der Waals surface area (Å²) in [6.07, 6.45) is 0.215. The van der Waals surface area contributed by atoms with E-state index in [1.807, 2.05) is 0 Å². The first kappa shape index (κ1) is 11.7. The summed E-state index contributed by atoms with van der Waals surface area (Å²) in [5.41, 5.74) is 0.338. The Morgan fingerprint density at radius 2 is 2.41 bits per heavy atom. The summed E-state index contributed by atoms with van der Waals surface area (Å²) >= 11 is 0. The molecule has 6 heteroatoms. The summed E-state index contributed by atoms with van der Waals surface area (Å²) in [6.45, 7) is 3.44. The summed E-state index contributed by atoms with van der Waals surface area (Å²) in [7, 11) is 1.27. The first-order chi connectivity index (χ1) is 8.02. The smallest absolute Gasteiger partial charge is 0.333 e. The Labute approximate surface area is 97.9 Å². The lowest BCUT2D eigenvalue weighted by molar-refractivity contribution is -0.137. The van der Waals surface area contributed by atoms with Crippen molar-refractivity contribution in [3.05, 3.63) is 24.0 Å². The largest absolute Gasteiger partial charge is 0.479 e. The fourth-order valence-corrected chi connectivity index (χ4v) is 1.96. The molecule has 1 saturated heterocycles. The van der Waals surface area contributed by atoms with Crippen molar-refractivity contribution in [2.45, 2.75) is 24.7 Å². The number of methoxy groups -OCH3 is 1. The fraction of sp³-hybridized carbons (Fsp3) is 0.455. The average Bonchev–Trinajstić information content (AvgIpc) is 2.30. The van der Waals surface area contributed by atoms with Crippen molar-refractivity contribution < 1.29 is 24.2 Å². The van der Waals surface area contributed by atoms with Gasteiger partial charge in [0.1, 0.15) is 6.10 Å². The Hall–Kier alpha value is -1.82. The Balaban J connectivity index is 2.24. The highest BCUT2D eigenvalue weighted by molar-refractivity contribution is 5.93. The van der Waals surface area contributed by atoms with Crippen LogP contribution in [0.2, 0.25) is 0 Å². The van der Waals surface area contributed by atoms with Gasteiger partial charge in [-0.2, -0.15) is 0 Å². The molecule has 92 valence electrons. The van der Waals surface area contributed by atoms with E-state index in [0.29, 0.717) is 5.57 Å². The first-order valence-corrected chi connectivity index (χ1v) is 5.16. The Kier molecular flexibility index (Phi) is 2.89. The fourth-order valence-electron chi connectivity index (χ4n) is 1.96. The van der Waals surface area contributed by atoms with Crippen LogP contribution in [0.4, 0.5) is 0 Å². The van der Waals surface area contributed by atoms with Gasteiger partial charge in [0.15, 0.2) is 5.76 Å². The SMILES string of the molecule is C=C1O[C@H]2C=C(C(=O)OC)C[C@H](O)[C@@H]2NC1=O. The summed E-state index contributed by atoms with van der Waals surface area (Å²) in [5.74, 6) is -0.977. The van der Waals surface area contributed by atoms with Crippen molar-refractivity contribution in [3.8, 4) is 0 Å². The molecular formula is C11H13NO5. The number of fused-ring (bicyclic) bond motifs is 1. The molecule has 3 atom stereocenters. The number of nitrogens with one attached hydrogen (secondary N) is 1. The Morgan fingerprint density at radius 1 is 1.71 bits per heavy atom. The minimum Gasteiger partial charge on any atom is -0.479 e. The van der Waals surface area contributed by atoms with Crippen LogP contribution in [0.5, 0.6) is 0 Å². The van der Waals surface area contributed by atoms with Gasteiger partial charge in [0.05, 0.1) is 19.3 Å². The van der Waals surface area contributed by atoms with E-state index in [4.69, 9.17) is 4.74 Å². The Morgan fingerprint density at radius 3 is 3.06 bits per heavy atom. The molecule has 2 aliphatic rings. The van der Waals surface area contributed by atoms with E-state index in [1.165, 1.54) is 7.11 Å². The molecule has 1 aliphatic heterocycles. The second kappa shape index (κ2) is 4.21. The second-order valence-corrected chi connectivity index (χ2v) is 3.96. The van der Waals surface area contributed by atoms with E-state index in [1.54, 1.807) is 6.08 Å². The summed E-state index contributed by atoms with van der Waals surface area (Å²) in [6, 6.07) is -0.554. The van der Waals surface area contributed by atoms with Crippen LogP contribution in [0, 0.1) is 0 Å². The number of carbonyl (C=O) groups excluding carboxylic acids is 2. The Bertz CT molecular complexity index is 414. The molecule has 6 nitrogen and oxygen atoms in total. The van der Waals surface area contributed by atoms with Crippen molar-refractivity contribution in [3.63, 3.8) is 0 Å². The van der Waals surface area contributed by atoms with Gasteiger partial charge < -0.3 is 19.9 Å². The lowest BCUT2D eigenvalue weighted by Crippen LogP contribution is -2.57. The number of ether oxygens (including phenoxy) is 2. The van der Waals surface area contributed by atoms with Crippen molar-refractivity contribution >= 4 is 11.9 Å². The lowest BCUT2D eigenvalue weighted by Gasteiger charge is -2.38. The van der Waals surface area contributed by atoms with E-state index in [2.05, 4.69) is 16.6 Å². The third kappa shape index (κ3) is 2.03. The molecular weight excluding hydrogens is 226 g/mol. The molecule has 0 spiro atoms. The molecule has 0 radical (unpaired) electrons. The molecule has 0 aromatic heterocycles. The predicted octanol–water partition coefficient (Wildman–Crippen LogP) is -0.752. The van der Waals surface area contributed by atoms with Crippen LogP contribution in [-0.4, -0.2) is 42.3 Å². The molecule has 0 unspecified atom stereocenters. The second-order valence-electron chi connectivity index (χ2n) is 3.96. The van der Waals surface area contributed by atoms with Crippen LogP contribution in [0.1, 0.15) is 6.42 Å². The van der Waals surface area contributed by atoms with E-state index >= 15 is 0 Å². The van der Waals surface area contributed by atoms with E-state index in [-0.39, 0.29) is 12.2 Å². The van der Waals surface area contributed by atoms with E-state index in [9.17, 15) is 14.7 Å². The van der Waals surface area contributed by atoms with Crippen LogP contribution in [0.15, 0.2) is 24.0 Å². The van der Waals surface area contributed by atoms with Gasteiger partial charge in [0.25, 0.3) is 5.91 Å². The number of morpholine rings is 1. The van der Waals surface area contributed by atoms with Gasteiger partial charge in [-0.25, -0.2) is 4.79 Å². The number of amides is 1. The zero-order valence-corrected chi connectivity index (χ0v) is 9.30. The molecule has 17 heavy (non-hydrogen) atoms. The van der Waals surface area contributed by atoms with Gasteiger partial charge in [0.2, 0.25) is 0 Å². The molecule has 1 aliphatic carbocycles. The highest BCUT2D eigenvalue weighted by atomic mass is 16.5. The zero-order valence-electron chi connectivity index (χ0n) is 9.30. The van der Waals surface area contributed by atoms with Crippen LogP contribution in [-0.2, 0) is 19.1 Å². The zero-order chi connectivity index (χ0) is 12.6. The molecule has 1 fully saturated rings. The van der Waals surface area contributed by atoms with Gasteiger partial charge in [-0.05, 0) is 6.08 Å². The summed E-state index contributed by atoms with van der Waals surface area (Å²) in [5, 5.41) is 12.4. The minimum absolute atomic E-state index is 0.0270. The average molecular weight is 239 g/mol. The number of aliphatic hydroxyl groups is 1. The molecule has 2 N–H and O–H groups in total. The van der Waals surface area contributed by atoms with Crippen molar-refractivity contribution in [1.29, 1.82) is 0 Å². The molecule has 1 amide bonds.